The van der Waals surface area contributed by atoms with Crippen LogP contribution in [0.5, 0.6) is 0 Å². The maximum absolute atomic E-state index is 13.1. The Hall–Kier alpha value is -3.81. The number of hydrogen-bond donors (Lipinski definition) is 2. The first-order chi connectivity index (χ1) is 13.5. The Morgan fingerprint density at radius 2 is 1.75 bits per heavy atom. The number of carboxylic acid groups (broad SMARTS) is 1. The molecule has 2 N–H and O–H groups in total. The van der Waals surface area contributed by atoms with Gasteiger partial charge in [-0.15, -0.1) is 0 Å². The number of rotatable bonds is 7. The van der Waals surface area contributed by atoms with Crippen LogP contribution in [-0.4, -0.2) is 34.0 Å². The molecule has 3 rings (SSSR count). The number of hydrogen-bond acceptors (Lipinski definition) is 5. The summed E-state index contributed by atoms with van der Waals surface area (Å²) in [5, 5.41) is 15.1. The molecule has 1 heterocycles. The van der Waals surface area contributed by atoms with Crippen molar-refractivity contribution in [2.75, 3.05) is 0 Å². The molecule has 0 aliphatic rings. The molecule has 8 heteroatoms. The Bertz CT molecular complexity index is 999. The minimum atomic E-state index is -1.68. The molecule has 0 spiro atoms. The number of aromatic nitrogens is 1. The lowest BCUT2D eigenvalue weighted by Gasteiger charge is -2.15. The largest absolute Gasteiger partial charge is 0.475 e. The summed E-state index contributed by atoms with van der Waals surface area (Å²) in [6.45, 7) is 0. The van der Waals surface area contributed by atoms with E-state index in [1.54, 1.807) is 30.3 Å². The molecule has 0 saturated carbocycles. The molecule has 2 aromatic carbocycles. The van der Waals surface area contributed by atoms with Crippen LogP contribution in [0.15, 0.2) is 65.3 Å². The van der Waals surface area contributed by atoms with Crippen molar-refractivity contribution in [3.05, 3.63) is 77.7 Å². The number of benzene rings is 2. The fourth-order valence-electron chi connectivity index (χ4n) is 2.65. The van der Waals surface area contributed by atoms with Crippen LogP contribution in [0.25, 0.3) is 11.3 Å². The number of carbonyl (C=O) groups is 3. The molecule has 3 aromatic rings. The van der Waals surface area contributed by atoms with Gasteiger partial charge in [-0.05, 0) is 17.7 Å². The number of Topliss-reactive ketones (excluding diaryl/α,β-unsaturated/α-hetero) is 1. The van der Waals surface area contributed by atoms with Crippen LogP contribution in [0, 0.1) is 5.82 Å². The highest BCUT2D eigenvalue weighted by Crippen LogP contribution is 2.23. The lowest BCUT2D eigenvalue weighted by atomic mass is 10.0. The molecule has 1 aromatic heterocycles. The van der Waals surface area contributed by atoms with Crippen molar-refractivity contribution >= 4 is 17.7 Å². The third-order valence-corrected chi connectivity index (χ3v) is 4.04. The molecular formula is C20H15FN2O5. The van der Waals surface area contributed by atoms with Crippen molar-refractivity contribution in [3.63, 3.8) is 0 Å². The lowest BCUT2D eigenvalue weighted by molar-refractivity contribution is -0.149. The quantitative estimate of drug-likeness (QED) is 0.608. The molecule has 0 aliphatic heterocycles. The normalized spacial score (nSPS) is 11.6. The standard InChI is InChI=1S/C20H15FN2O5/c21-14-8-6-12(7-9-14)10-16(17(24)20(26)27)23-19(25)15-11-22-28-18(15)13-4-2-1-3-5-13/h1-9,11,16H,10H2,(H,23,25)(H,26,27). The maximum Gasteiger partial charge on any atom is 0.374 e. The molecule has 0 saturated heterocycles. The zero-order chi connectivity index (χ0) is 20.1. The summed E-state index contributed by atoms with van der Waals surface area (Å²) in [5.74, 6) is -3.84. The van der Waals surface area contributed by atoms with Gasteiger partial charge in [0.2, 0.25) is 0 Å². The van der Waals surface area contributed by atoms with Crippen LogP contribution in [0.3, 0.4) is 0 Å². The first-order valence-electron chi connectivity index (χ1n) is 8.28. The molecule has 0 radical (unpaired) electrons. The van der Waals surface area contributed by atoms with Crippen LogP contribution >= 0.6 is 0 Å². The number of aliphatic carboxylic acids is 1. The van der Waals surface area contributed by atoms with E-state index in [4.69, 9.17) is 9.63 Å². The zero-order valence-electron chi connectivity index (χ0n) is 14.5. The van der Waals surface area contributed by atoms with Crippen LogP contribution in [0.4, 0.5) is 4.39 Å². The van der Waals surface area contributed by atoms with Gasteiger partial charge in [0.15, 0.2) is 5.76 Å². The van der Waals surface area contributed by atoms with E-state index in [2.05, 4.69) is 10.5 Å². The first kappa shape index (κ1) is 19.0. The first-order valence-corrected chi connectivity index (χ1v) is 8.28. The second kappa shape index (κ2) is 8.26. The Balaban J connectivity index is 1.84. The number of nitrogens with zero attached hydrogens (tertiary/aromatic N) is 1. The van der Waals surface area contributed by atoms with Gasteiger partial charge in [-0.1, -0.05) is 47.6 Å². The van der Waals surface area contributed by atoms with Crippen molar-refractivity contribution in [2.24, 2.45) is 0 Å². The van der Waals surface area contributed by atoms with Crippen LogP contribution in [0.2, 0.25) is 0 Å². The minimum absolute atomic E-state index is 0.0634. The van der Waals surface area contributed by atoms with Gasteiger partial charge >= 0.3 is 5.97 Å². The summed E-state index contributed by atoms with van der Waals surface area (Å²) in [5.41, 5.74) is 1.16. The number of ketones is 1. The highest BCUT2D eigenvalue weighted by atomic mass is 19.1. The van der Waals surface area contributed by atoms with E-state index in [0.29, 0.717) is 11.1 Å². The summed E-state index contributed by atoms with van der Waals surface area (Å²) < 4.78 is 18.2. The molecule has 142 valence electrons. The summed E-state index contributed by atoms with van der Waals surface area (Å²) in [4.78, 5) is 35.9. The van der Waals surface area contributed by atoms with Gasteiger partial charge in [-0.3, -0.25) is 9.59 Å². The summed E-state index contributed by atoms with van der Waals surface area (Å²) in [6.07, 6.45) is 1.08. The molecule has 0 bridgehead atoms. The van der Waals surface area contributed by atoms with Gasteiger partial charge in [-0.25, -0.2) is 9.18 Å². The molecule has 0 fully saturated rings. The van der Waals surface area contributed by atoms with E-state index in [1.807, 2.05) is 0 Å². The third-order valence-electron chi connectivity index (χ3n) is 4.04. The lowest BCUT2D eigenvalue weighted by Crippen LogP contribution is -2.45. The topological polar surface area (TPSA) is 110 Å². The molecular weight excluding hydrogens is 367 g/mol. The summed E-state index contributed by atoms with van der Waals surface area (Å²) in [6, 6.07) is 12.6. The highest BCUT2D eigenvalue weighted by molar-refractivity contribution is 6.35. The number of carbonyl (C=O) groups excluding carboxylic acids is 2. The Kier molecular flexibility index (Phi) is 5.59. The Morgan fingerprint density at radius 3 is 2.39 bits per heavy atom. The van der Waals surface area contributed by atoms with E-state index in [9.17, 15) is 18.8 Å². The van der Waals surface area contributed by atoms with Crippen LogP contribution in [0.1, 0.15) is 15.9 Å². The van der Waals surface area contributed by atoms with Crippen molar-refractivity contribution < 1.29 is 28.4 Å². The van der Waals surface area contributed by atoms with Crippen molar-refractivity contribution in [2.45, 2.75) is 12.5 Å². The van der Waals surface area contributed by atoms with Gasteiger partial charge in [0.25, 0.3) is 11.7 Å². The fraction of sp³-hybridized carbons (Fsp3) is 0.100. The average Bonchev–Trinajstić information content (AvgIpc) is 3.19. The molecule has 1 unspecified atom stereocenters. The second-order valence-corrected chi connectivity index (χ2v) is 5.96. The second-order valence-electron chi connectivity index (χ2n) is 5.96. The van der Waals surface area contributed by atoms with E-state index in [-0.39, 0.29) is 17.7 Å². The molecule has 7 nitrogen and oxygen atoms in total. The Morgan fingerprint density at radius 1 is 1.07 bits per heavy atom. The average molecular weight is 382 g/mol. The third kappa shape index (κ3) is 4.29. The molecule has 1 amide bonds. The summed E-state index contributed by atoms with van der Waals surface area (Å²) in [7, 11) is 0. The molecule has 1 atom stereocenters. The monoisotopic (exact) mass is 382 g/mol. The molecule has 28 heavy (non-hydrogen) atoms. The van der Waals surface area contributed by atoms with Crippen LogP contribution < -0.4 is 5.32 Å². The van der Waals surface area contributed by atoms with Gasteiger partial charge < -0.3 is 14.9 Å². The van der Waals surface area contributed by atoms with Crippen molar-refractivity contribution in [3.8, 4) is 11.3 Å². The SMILES string of the molecule is O=C(O)C(=O)C(Cc1ccc(F)cc1)NC(=O)c1cnoc1-c1ccccc1. The van der Waals surface area contributed by atoms with Gasteiger partial charge in [-0.2, -0.15) is 0 Å². The number of nitrogens with one attached hydrogen (secondary N) is 1. The molecule has 0 aliphatic carbocycles. The van der Waals surface area contributed by atoms with E-state index in [1.165, 1.54) is 30.5 Å². The van der Waals surface area contributed by atoms with Gasteiger partial charge in [0.1, 0.15) is 17.4 Å². The van der Waals surface area contributed by atoms with E-state index >= 15 is 0 Å². The number of halogens is 1. The fourth-order valence-corrected chi connectivity index (χ4v) is 2.65. The highest BCUT2D eigenvalue weighted by Gasteiger charge is 2.29. The van der Waals surface area contributed by atoms with Crippen molar-refractivity contribution in [1.82, 2.24) is 10.5 Å². The predicted molar refractivity (Wildman–Crippen MR) is 95.9 cm³/mol. The maximum atomic E-state index is 13.1. The Labute approximate surface area is 158 Å². The zero-order valence-corrected chi connectivity index (χ0v) is 14.5. The van der Waals surface area contributed by atoms with E-state index in [0.717, 1.165) is 0 Å². The number of carboxylic acids is 1. The summed E-state index contributed by atoms with van der Waals surface area (Å²) >= 11 is 0. The van der Waals surface area contributed by atoms with Crippen LogP contribution in [-0.2, 0) is 16.0 Å². The van der Waals surface area contributed by atoms with Gasteiger partial charge in [0.05, 0.1) is 6.20 Å². The van der Waals surface area contributed by atoms with Crippen molar-refractivity contribution in [1.29, 1.82) is 0 Å². The smallest absolute Gasteiger partial charge is 0.374 e. The van der Waals surface area contributed by atoms with E-state index < -0.39 is 29.5 Å². The minimum Gasteiger partial charge on any atom is -0.475 e. The van der Waals surface area contributed by atoms with Gasteiger partial charge in [0, 0.05) is 12.0 Å². The predicted octanol–water partition coefficient (Wildman–Crippen LogP) is 2.48. The number of amides is 1.